The van der Waals surface area contributed by atoms with Crippen LogP contribution in [0.15, 0.2) is 23.1 Å². The van der Waals surface area contributed by atoms with Gasteiger partial charge in [0.1, 0.15) is 23.4 Å². The number of benzene rings is 1. The van der Waals surface area contributed by atoms with E-state index in [0.717, 1.165) is 25.7 Å². The second-order valence-electron chi connectivity index (χ2n) is 9.69. The number of carbonyl (C=O) groups excluding carboxylic acids is 1. The van der Waals surface area contributed by atoms with Crippen molar-refractivity contribution in [3.05, 3.63) is 23.8 Å². The van der Waals surface area contributed by atoms with Gasteiger partial charge in [-0.25, -0.2) is 8.42 Å². The molecule has 0 radical (unpaired) electrons. The van der Waals surface area contributed by atoms with E-state index in [1.807, 2.05) is 6.92 Å². The largest absolute Gasteiger partial charge is 0.487 e. The van der Waals surface area contributed by atoms with Crippen molar-refractivity contribution < 1.29 is 27.8 Å². The van der Waals surface area contributed by atoms with Gasteiger partial charge in [-0.3, -0.25) is 4.79 Å². The Balaban J connectivity index is 1.96. The summed E-state index contributed by atoms with van der Waals surface area (Å²) in [5.74, 6) is 5.98. The molecule has 1 aliphatic heterocycles. The van der Waals surface area contributed by atoms with Crippen molar-refractivity contribution in [3.63, 3.8) is 0 Å². The molecule has 9 heteroatoms. The maximum Gasteiger partial charge on any atom is 0.247 e. The number of sulfonamides is 1. The Morgan fingerprint density at radius 3 is 2.69 bits per heavy atom. The van der Waals surface area contributed by atoms with Crippen molar-refractivity contribution in [1.82, 2.24) is 9.21 Å². The number of likely N-dealkylation sites (N-methyl/N-ethyl adjacent to an activating group) is 1. The molecule has 1 amide bonds. The topological polar surface area (TPSA) is 96.4 Å². The van der Waals surface area contributed by atoms with Crippen LogP contribution in [0.3, 0.4) is 0 Å². The molecule has 1 fully saturated rings. The van der Waals surface area contributed by atoms with E-state index in [0.29, 0.717) is 12.1 Å². The van der Waals surface area contributed by atoms with Crippen molar-refractivity contribution >= 4 is 15.9 Å². The van der Waals surface area contributed by atoms with Crippen LogP contribution in [0.2, 0.25) is 0 Å². The average molecular weight is 507 g/mol. The average Bonchev–Trinajstić information content (AvgIpc) is 2.85. The van der Waals surface area contributed by atoms with Crippen molar-refractivity contribution in [2.45, 2.75) is 63.0 Å². The molecular weight excluding hydrogens is 468 g/mol. The van der Waals surface area contributed by atoms with Gasteiger partial charge in [-0.1, -0.05) is 38.0 Å². The van der Waals surface area contributed by atoms with Crippen LogP contribution in [-0.4, -0.2) is 81.2 Å². The number of ether oxygens (including phenoxy) is 2. The van der Waals surface area contributed by atoms with Crippen LogP contribution in [-0.2, 0) is 19.6 Å². The lowest BCUT2D eigenvalue weighted by atomic mass is 9.88. The van der Waals surface area contributed by atoms with Crippen LogP contribution in [0, 0.1) is 23.7 Å². The molecule has 0 unspecified atom stereocenters. The summed E-state index contributed by atoms with van der Waals surface area (Å²) < 4.78 is 39.8. The number of nitrogens with zero attached hydrogens (tertiary/aromatic N) is 2. The highest BCUT2D eigenvalue weighted by molar-refractivity contribution is 7.89. The molecule has 1 aliphatic carbocycles. The summed E-state index contributed by atoms with van der Waals surface area (Å²) in [4.78, 5) is 14.9. The monoisotopic (exact) mass is 506 g/mol. The highest BCUT2D eigenvalue weighted by Gasteiger charge is 2.38. The highest BCUT2D eigenvalue weighted by Crippen LogP contribution is 2.34. The van der Waals surface area contributed by atoms with Crippen LogP contribution in [0.5, 0.6) is 5.75 Å². The first-order chi connectivity index (χ1) is 16.7. The zero-order chi connectivity index (χ0) is 25.6. The predicted molar refractivity (Wildman–Crippen MR) is 133 cm³/mol. The Kier molecular flexibility index (Phi) is 9.59. The first kappa shape index (κ1) is 27.5. The molecule has 3 atom stereocenters. The number of aliphatic hydroxyl groups excluding tert-OH is 1. The molecule has 0 saturated heterocycles. The lowest BCUT2D eigenvalue weighted by Crippen LogP contribution is -2.50. The van der Waals surface area contributed by atoms with Crippen molar-refractivity contribution in [2.75, 3.05) is 40.5 Å². The van der Waals surface area contributed by atoms with Crippen LogP contribution in [0.4, 0.5) is 0 Å². The van der Waals surface area contributed by atoms with Gasteiger partial charge in [-0.15, -0.1) is 0 Å². The molecule has 0 aromatic heterocycles. The molecule has 1 N–H and O–H groups in total. The number of rotatable bonds is 6. The summed E-state index contributed by atoms with van der Waals surface area (Å²) in [6.07, 6.45) is 4.72. The fraction of sp³-hybridized carbons (Fsp3) is 0.654. The highest BCUT2D eigenvalue weighted by atomic mass is 32.2. The standard InChI is InChI=1S/C26H38N2O6S/c1-19-16-28(20(2)18-29)35(31,32)25-13-12-21(9-8-14-33-4)15-23(25)34-24(19)17-27(3)26(30)22-10-6-5-7-11-22/h12-13,15,19-20,22,24,29H,5-7,10-11,14,16-18H2,1-4H3/t19-,20+,24-/m1/s1. The predicted octanol–water partition coefficient (Wildman–Crippen LogP) is 2.49. The summed E-state index contributed by atoms with van der Waals surface area (Å²) in [5, 5.41) is 9.79. The molecule has 2 aliphatic rings. The maximum atomic E-state index is 13.6. The smallest absolute Gasteiger partial charge is 0.247 e. The molecular formula is C26H38N2O6S. The third-order valence-corrected chi connectivity index (χ3v) is 8.92. The van der Waals surface area contributed by atoms with Crippen LogP contribution in [0.25, 0.3) is 0 Å². The SMILES string of the molecule is COCC#Cc1ccc2c(c1)O[C@H](CN(C)C(=O)C1CCCCC1)[C@H](C)CN([C@@H](C)CO)S2(=O)=O. The normalized spacial score (nSPS) is 23.6. The molecule has 1 aromatic carbocycles. The van der Waals surface area contributed by atoms with E-state index in [1.54, 1.807) is 38.1 Å². The van der Waals surface area contributed by atoms with Gasteiger partial charge >= 0.3 is 0 Å². The third-order valence-electron chi connectivity index (χ3n) is 6.90. The second kappa shape index (κ2) is 12.2. The first-order valence-corrected chi connectivity index (χ1v) is 13.8. The zero-order valence-electron chi connectivity index (χ0n) is 21.2. The van der Waals surface area contributed by atoms with E-state index in [4.69, 9.17) is 9.47 Å². The minimum atomic E-state index is -3.92. The summed E-state index contributed by atoms with van der Waals surface area (Å²) >= 11 is 0. The Bertz CT molecular complexity index is 1040. The van der Waals surface area contributed by atoms with Gasteiger partial charge in [0.25, 0.3) is 0 Å². The van der Waals surface area contributed by atoms with E-state index in [1.165, 1.54) is 16.8 Å². The number of hydrogen-bond acceptors (Lipinski definition) is 6. The van der Waals surface area contributed by atoms with Crippen LogP contribution >= 0.6 is 0 Å². The summed E-state index contributed by atoms with van der Waals surface area (Å²) in [7, 11) is -0.569. The van der Waals surface area contributed by atoms with Gasteiger partial charge in [0.15, 0.2) is 0 Å². The van der Waals surface area contributed by atoms with E-state index >= 15 is 0 Å². The number of aliphatic hydroxyl groups is 1. The van der Waals surface area contributed by atoms with E-state index in [2.05, 4.69) is 11.8 Å². The minimum Gasteiger partial charge on any atom is -0.487 e. The molecule has 0 bridgehead atoms. The number of methoxy groups -OCH3 is 1. The lowest BCUT2D eigenvalue weighted by molar-refractivity contribution is -0.136. The van der Waals surface area contributed by atoms with E-state index < -0.39 is 22.2 Å². The number of fused-ring (bicyclic) bond motifs is 1. The Labute approximate surface area is 209 Å². The van der Waals surface area contributed by atoms with Crippen molar-refractivity contribution in [1.29, 1.82) is 0 Å². The summed E-state index contributed by atoms with van der Waals surface area (Å²) in [5.41, 5.74) is 0.608. The molecule has 1 saturated carbocycles. The molecule has 1 aromatic rings. The number of hydrogen-bond donors (Lipinski definition) is 1. The fourth-order valence-corrected chi connectivity index (χ4v) is 6.58. The molecule has 35 heavy (non-hydrogen) atoms. The van der Waals surface area contributed by atoms with Gasteiger partial charge in [0.2, 0.25) is 15.9 Å². The molecule has 194 valence electrons. The Morgan fingerprint density at radius 2 is 2.03 bits per heavy atom. The number of amides is 1. The zero-order valence-corrected chi connectivity index (χ0v) is 22.0. The third kappa shape index (κ3) is 6.56. The van der Waals surface area contributed by atoms with E-state index in [-0.39, 0.29) is 48.1 Å². The first-order valence-electron chi connectivity index (χ1n) is 12.3. The lowest BCUT2D eigenvalue weighted by Gasteiger charge is -2.38. The van der Waals surface area contributed by atoms with Gasteiger partial charge in [0.05, 0.1) is 13.2 Å². The van der Waals surface area contributed by atoms with Gasteiger partial charge in [0, 0.05) is 44.1 Å². The summed E-state index contributed by atoms with van der Waals surface area (Å²) in [6.45, 7) is 4.08. The Hall–Kier alpha value is -2.12. The van der Waals surface area contributed by atoms with Gasteiger partial charge < -0.3 is 19.5 Å². The van der Waals surface area contributed by atoms with Crippen molar-refractivity contribution in [3.8, 4) is 17.6 Å². The van der Waals surface area contributed by atoms with Crippen LogP contribution in [0.1, 0.15) is 51.5 Å². The molecule has 3 rings (SSSR count). The fourth-order valence-electron chi connectivity index (χ4n) is 4.75. The van der Waals surface area contributed by atoms with Crippen molar-refractivity contribution in [2.24, 2.45) is 11.8 Å². The second-order valence-corrected chi connectivity index (χ2v) is 11.5. The summed E-state index contributed by atoms with van der Waals surface area (Å²) in [6, 6.07) is 4.17. The van der Waals surface area contributed by atoms with Gasteiger partial charge in [-0.05, 0) is 38.0 Å². The van der Waals surface area contributed by atoms with Gasteiger partial charge in [-0.2, -0.15) is 4.31 Å². The van der Waals surface area contributed by atoms with E-state index in [9.17, 15) is 18.3 Å². The molecule has 1 heterocycles. The maximum absolute atomic E-state index is 13.6. The number of carbonyl (C=O) groups is 1. The van der Waals surface area contributed by atoms with Crippen LogP contribution < -0.4 is 4.74 Å². The molecule has 8 nitrogen and oxygen atoms in total. The quantitative estimate of drug-likeness (QED) is 0.596. The Morgan fingerprint density at radius 1 is 1.31 bits per heavy atom. The molecule has 0 spiro atoms. The minimum absolute atomic E-state index is 0.0354.